The van der Waals surface area contributed by atoms with E-state index in [4.69, 9.17) is 0 Å². The minimum atomic E-state index is -0.707. The van der Waals surface area contributed by atoms with Crippen LogP contribution in [0, 0.1) is 16.5 Å². The summed E-state index contributed by atoms with van der Waals surface area (Å²) in [7, 11) is 0. The van der Waals surface area contributed by atoms with Crippen LogP contribution in [-0.2, 0) is 6.42 Å². The van der Waals surface area contributed by atoms with Gasteiger partial charge in [0.1, 0.15) is 0 Å². The van der Waals surface area contributed by atoms with Crippen molar-refractivity contribution < 1.29 is 4.92 Å². The fraction of sp³-hybridized carbons (Fsp3) is 0.222. The van der Waals surface area contributed by atoms with Crippen LogP contribution < -0.4 is 0 Å². The van der Waals surface area contributed by atoms with Crippen molar-refractivity contribution in [2.75, 3.05) is 0 Å². The molecule has 1 aliphatic rings. The van der Waals surface area contributed by atoms with Gasteiger partial charge in [-0.25, -0.2) is 0 Å². The molecule has 0 aromatic heterocycles. The summed E-state index contributed by atoms with van der Waals surface area (Å²) in [6.45, 7) is 0. The number of fused-ring (bicyclic) bond motifs is 1. The second-order valence-corrected chi connectivity index (χ2v) is 2.77. The van der Waals surface area contributed by atoms with Crippen LogP contribution in [0.2, 0.25) is 0 Å². The Labute approximate surface area is 70.2 Å². The minimum Gasteiger partial charge on any atom is -0.264 e. The van der Waals surface area contributed by atoms with Crippen molar-refractivity contribution in [3.63, 3.8) is 0 Å². The minimum absolute atomic E-state index is 0.300. The zero-order chi connectivity index (χ0) is 8.55. The van der Waals surface area contributed by atoms with Crippen molar-refractivity contribution >= 4 is 0 Å². The van der Waals surface area contributed by atoms with E-state index < -0.39 is 6.04 Å². The third kappa shape index (κ3) is 0.978. The molecule has 0 N–H and O–H groups in total. The van der Waals surface area contributed by atoms with Crippen LogP contribution in [0.5, 0.6) is 0 Å². The molecule has 12 heavy (non-hydrogen) atoms. The van der Waals surface area contributed by atoms with Crippen LogP contribution in [-0.4, -0.2) is 4.92 Å². The average molecular weight is 161 g/mol. The molecule has 0 saturated heterocycles. The molecule has 0 bridgehead atoms. The maximum atomic E-state index is 10.5. The third-order valence-corrected chi connectivity index (χ3v) is 2.05. The molecule has 2 rings (SSSR count). The fourth-order valence-electron chi connectivity index (χ4n) is 1.47. The number of rotatable bonds is 1. The summed E-state index contributed by atoms with van der Waals surface area (Å²) >= 11 is 0. The van der Waals surface area contributed by atoms with Gasteiger partial charge >= 0.3 is 0 Å². The Kier molecular flexibility index (Phi) is 1.57. The van der Waals surface area contributed by atoms with Crippen LogP contribution in [0.1, 0.15) is 17.2 Å². The van der Waals surface area contributed by atoms with Gasteiger partial charge in [0.25, 0.3) is 0 Å². The highest BCUT2D eigenvalue weighted by Crippen LogP contribution is 2.31. The molecule has 0 amide bonds. The van der Waals surface area contributed by atoms with Crippen molar-refractivity contribution in [1.29, 1.82) is 0 Å². The molecule has 0 spiro atoms. The maximum absolute atomic E-state index is 10.5. The van der Waals surface area contributed by atoms with Gasteiger partial charge in [-0.1, -0.05) is 24.3 Å². The first-order chi connectivity index (χ1) is 5.79. The largest absolute Gasteiger partial charge is 0.264 e. The fourth-order valence-corrected chi connectivity index (χ4v) is 1.47. The number of nitrogens with zero attached hydrogens (tertiary/aromatic N) is 1. The molecule has 0 fully saturated rings. The first-order valence-electron chi connectivity index (χ1n) is 3.74. The predicted molar refractivity (Wildman–Crippen MR) is 43.1 cm³/mol. The number of benzene rings is 1. The summed E-state index contributed by atoms with van der Waals surface area (Å²) in [5, 5.41) is 10.5. The summed E-state index contributed by atoms with van der Waals surface area (Å²) in [6, 6.07) is 6.71. The summed E-state index contributed by atoms with van der Waals surface area (Å²) in [5.74, 6) is 0. The topological polar surface area (TPSA) is 43.1 Å². The molecule has 1 aliphatic carbocycles. The lowest BCUT2D eigenvalue weighted by Gasteiger charge is -2.00. The first kappa shape index (κ1) is 7.28. The molecule has 1 aromatic carbocycles. The van der Waals surface area contributed by atoms with E-state index in [1.807, 2.05) is 18.2 Å². The van der Waals surface area contributed by atoms with Gasteiger partial charge < -0.3 is 0 Å². The SMILES string of the molecule is O=[N+]([O-])C1[C]Cc2ccccc21. The van der Waals surface area contributed by atoms with E-state index in [-0.39, 0.29) is 4.92 Å². The number of nitro groups is 1. The highest BCUT2D eigenvalue weighted by atomic mass is 16.6. The quantitative estimate of drug-likeness (QED) is 0.464. The van der Waals surface area contributed by atoms with E-state index in [0.29, 0.717) is 6.42 Å². The molecular formula is C9H7NO2. The van der Waals surface area contributed by atoms with Crippen molar-refractivity contribution in [2.24, 2.45) is 0 Å². The molecule has 60 valence electrons. The Morgan fingerprint density at radius 3 is 3.00 bits per heavy atom. The van der Waals surface area contributed by atoms with Gasteiger partial charge in [0.15, 0.2) is 0 Å². The number of hydrogen-bond donors (Lipinski definition) is 0. The Balaban J connectivity index is 2.42. The zero-order valence-electron chi connectivity index (χ0n) is 6.36. The second-order valence-electron chi connectivity index (χ2n) is 2.77. The Morgan fingerprint density at radius 1 is 1.50 bits per heavy atom. The molecule has 2 radical (unpaired) electrons. The van der Waals surface area contributed by atoms with Crippen LogP contribution in [0.4, 0.5) is 0 Å². The van der Waals surface area contributed by atoms with E-state index in [1.165, 1.54) is 0 Å². The van der Waals surface area contributed by atoms with E-state index in [0.717, 1.165) is 11.1 Å². The molecule has 3 nitrogen and oxygen atoms in total. The van der Waals surface area contributed by atoms with E-state index >= 15 is 0 Å². The van der Waals surface area contributed by atoms with Gasteiger partial charge in [0, 0.05) is 10.5 Å². The van der Waals surface area contributed by atoms with Crippen molar-refractivity contribution in [3.05, 3.63) is 51.9 Å². The lowest BCUT2D eigenvalue weighted by atomic mass is 10.1. The molecular weight excluding hydrogens is 154 g/mol. The van der Waals surface area contributed by atoms with E-state index in [1.54, 1.807) is 6.07 Å². The van der Waals surface area contributed by atoms with Gasteiger partial charge in [-0.2, -0.15) is 0 Å². The van der Waals surface area contributed by atoms with E-state index in [2.05, 4.69) is 6.42 Å². The lowest BCUT2D eigenvalue weighted by molar-refractivity contribution is -0.518. The van der Waals surface area contributed by atoms with Crippen LogP contribution in [0.3, 0.4) is 0 Å². The van der Waals surface area contributed by atoms with Gasteiger partial charge in [0.2, 0.25) is 6.04 Å². The van der Waals surface area contributed by atoms with Gasteiger partial charge in [-0.15, -0.1) is 0 Å². The molecule has 0 saturated carbocycles. The van der Waals surface area contributed by atoms with Crippen LogP contribution in [0.15, 0.2) is 24.3 Å². The Morgan fingerprint density at radius 2 is 2.25 bits per heavy atom. The second kappa shape index (κ2) is 2.59. The van der Waals surface area contributed by atoms with Crippen LogP contribution in [0.25, 0.3) is 0 Å². The highest BCUT2D eigenvalue weighted by molar-refractivity contribution is 5.36. The van der Waals surface area contributed by atoms with Gasteiger partial charge in [-0.05, 0) is 12.0 Å². The average Bonchev–Trinajstić information content (AvgIpc) is 2.47. The third-order valence-electron chi connectivity index (χ3n) is 2.05. The zero-order valence-corrected chi connectivity index (χ0v) is 6.36. The van der Waals surface area contributed by atoms with Crippen LogP contribution >= 0.6 is 0 Å². The maximum Gasteiger partial charge on any atom is 0.245 e. The predicted octanol–water partition coefficient (Wildman–Crippen LogP) is 1.64. The van der Waals surface area contributed by atoms with Gasteiger partial charge in [0.05, 0.1) is 6.42 Å². The van der Waals surface area contributed by atoms with Crippen molar-refractivity contribution in [2.45, 2.75) is 12.5 Å². The standard InChI is InChI=1S/C9H7NO2/c11-10(12)9-6-5-7-3-1-2-4-8(7)9/h1-4,9H,5H2. The van der Waals surface area contributed by atoms with E-state index in [9.17, 15) is 10.1 Å². The first-order valence-corrected chi connectivity index (χ1v) is 3.74. The molecule has 1 aromatic rings. The molecule has 1 unspecified atom stereocenters. The molecule has 1 atom stereocenters. The monoisotopic (exact) mass is 161 g/mol. The number of hydrogen-bond acceptors (Lipinski definition) is 2. The lowest BCUT2D eigenvalue weighted by Crippen LogP contribution is -2.06. The summed E-state index contributed by atoms with van der Waals surface area (Å²) in [4.78, 5) is 10.2. The Bertz CT molecular complexity index is 322. The highest BCUT2D eigenvalue weighted by Gasteiger charge is 2.31. The smallest absolute Gasteiger partial charge is 0.245 e. The molecule has 0 aliphatic heterocycles. The molecule has 3 heteroatoms. The normalized spacial score (nSPS) is 20.5. The summed E-state index contributed by atoms with van der Waals surface area (Å²) in [6.07, 6.45) is 3.42. The van der Waals surface area contributed by atoms with Crippen molar-refractivity contribution in [1.82, 2.24) is 0 Å². The summed E-state index contributed by atoms with van der Waals surface area (Å²) in [5.41, 5.74) is 1.82. The molecule has 0 heterocycles. The Hall–Kier alpha value is -1.38. The van der Waals surface area contributed by atoms with Gasteiger partial charge in [-0.3, -0.25) is 10.1 Å². The van der Waals surface area contributed by atoms with Crippen molar-refractivity contribution in [3.8, 4) is 0 Å². The summed E-state index contributed by atoms with van der Waals surface area (Å²) < 4.78 is 0.